The summed E-state index contributed by atoms with van der Waals surface area (Å²) in [7, 11) is 0. The number of hydrogen-bond acceptors (Lipinski definition) is 3. The zero-order valence-electron chi connectivity index (χ0n) is 9.21. The van der Waals surface area contributed by atoms with Crippen molar-refractivity contribution in [1.29, 1.82) is 0 Å². The zero-order valence-corrected chi connectivity index (χ0v) is 11.4. The van der Waals surface area contributed by atoms with Crippen molar-refractivity contribution in [3.05, 3.63) is 21.5 Å². The highest BCUT2D eigenvalue weighted by molar-refractivity contribution is 14.1. The number of aliphatic hydroxyl groups is 1. The number of nitrogens with two attached hydrogens (primary N) is 1. The van der Waals surface area contributed by atoms with Gasteiger partial charge >= 0.3 is 0 Å². The molecule has 1 aromatic rings. The van der Waals surface area contributed by atoms with Crippen LogP contribution in [0.5, 0.6) is 0 Å². The monoisotopic (exact) mass is 338 g/mol. The molecule has 0 saturated heterocycles. The smallest absolute Gasteiger partial charge is 0.138 e. The highest BCUT2D eigenvalue weighted by Crippen LogP contribution is 2.27. The molecular formula is C11H16FIN2O. The van der Waals surface area contributed by atoms with E-state index >= 15 is 0 Å². The normalized spacial score (nSPS) is 10.5. The molecule has 5 heteroatoms. The highest BCUT2D eigenvalue weighted by Gasteiger charge is 2.12. The molecule has 0 bridgehead atoms. The summed E-state index contributed by atoms with van der Waals surface area (Å²) in [6.07, 6.45) is 0.924. The van der Waals surface area contributed by atoms with E-state index < -0.39 is 0 Å². The van der Waals surface area contributed by atoms with Crippen LogP contribution < -0.4 is 10.6 Å². The van der Waals surface area contributed by atoms with Crippen molar-refractivity contribution in [2.45, 2.75) is 13.3 Å². The fraction of sp³-hybridized carbons (Fsp3) is 0.455. The number of rotatable bonds is 5. The van der Waals surface area contributed by atoms with Gasteiger partial charge in [0.15, 0.2) is 0 Å². The largest absolute Gasteiger partial charge is 0.397 e. The highest BCUT2D eigenvalue weighted by atomic mass is 127. The summed E-state index contributed by atoms with van der Waals surface area (Å²) in [6, 6.07) is 3.05. The molecule has 0 radical (unpaired) electrons. The molecule has 0 amide bonds. The van der Waals surface area contributed by atoms with Gasteiger partial charge in [0.2, 0.25) is 0 Å². The van der Waals surface area contributed by atoms with Crippen LogP contribution in [0.25, 0.3) is 0 Å². The van der Waals surface area contributed by atoms with Crippen LogP contribution in [0.3, 0.4) is 0 Å². The number of nitrogens with zero attached hydrogens (tertiary/aromatic N) is 1. The van der Waals surface area contributed by atoms with Crippen LogP contribution in [0.1, 0.15) is 13.3 Å². The third kappa shape index (κ3) is 3.21. The minimum Gasteiger partial charge on any atom is -0.397 e. The molecule has 16 heavy (non-hydrogen) atoms. The summed E-state index contributed by atoms with van der Waals surface area (Å²) in [5.74, 6) is -0.274. The van der Waals surface area contributed by atoms with Gasteiger partial charge < -0.3 is 15.7 Å². The second-order valence-corrected chi connectivity index (χ2v) is 4.70. The molecule has 90 valence electrons. The number of hydrogen-bond donors (Lipinski definition) is 2. The Morgan fingerprint density at radius 2 is 2.12 bits per heavy atom. The lowest BCUT2D eigenvalue weighted by atomic mass is 10.2. The lowest BCUT2D eigenvalue weighted by molar-refractivity contribution is 0.302. The maximum absolute atomic E-state index is 13.4. The zero-order chi connectivity index (χ0) is 12.1. The summed E-state index contributed by atoms with van der Waals surface area (Å²) in [4.78, 5) is 1.90. The van der Waals surface area contributed by atoms with E-state index in [0.717, 1.165) is 13.0 Å². The Labute approximate surface area is 109 Å². The van der Waals surface area contributed by atoms with Crippen molar-refractivity contribution in [3.8, 4) is 0 Å². The Bertz CT molecular complexity index is 354. The summed E-state index contributed by atoms with van der Waals surface area (Å²) < 4.78 is 14.0. The summed E-state index contributed by atoms with van der Waals surface area (Å²) in [6.45, 7) is 3.29. The molecule has 0 spiro atoms. The van der Waals surface area contributed by atoms with Gasteiger partial charge in [-0.3, -0.25) is 0 Å². The van der Waals surface area contributed by atoms with E-state index in [9.17, 15) is 4.39 Å². The van der Waals surface area contributed by atoms with Crippen molar-refractivity contribution in [2.75, 3.05) is 30.3 Å². The number of aliphatic hydroxyl groups excluding tert-OH is 1. The van der Waals surface area contributed by atoms with E-state index in [2.05, 4.69) is 0 Å². The van der Waals surface area contributed by atoms with E-state index in [0.29, 0.717) is 21.5 Å². The van der Waals surface area contributed by atoms with Crippen molar-refractivity contribution in [1.82, 2.24) is 0 Å². The second kappa shape index (κ2) is 6.24. The van der Waals surface area contributed by atoms with Crippen LogP contribution in [-0.2, 0) is 0 Å². The molecule has 1 rings (SSSR count). The van der Waals surface area contributed by atoms with Crippen LogP contribution in [-0.4, -0.2) is 24.8 Å². The third-order valence-electron chi connectivity index (χ3n) is 2.27. The Morgan fingerprint density at radius 3 is 2.69 bits per heavy atom. The Kier molecular flexibility index (Phi) is 5.27. The standard InChI is InChI=1S/C11H16FIN2O/c1-2-3-15(4-5-16)11-6-8(12)9(13)7-10(11)14/h6-7,16H,2-5,14H2,1H3. The van der Waals surface area contributed by atoms with Crippen molar-refractivity contribution in [2.24, 2.45) is 0 Å². The van der Waals surface area contributed by atoms with E-state index in [1.165, 1.54) is 6.07 Å². The first-order valence-corrected chi connectivity index (χ1v) is 6.28. The average molecular weight is 338 g/mol. The first-order chi connectivity index (χ1) is 7.60. The maximum atomic E-state index is 13.4. The van der Waals surface area contributed by atoms with Crippen LogP contribution in [0, 0.1) is 9.39 Å². The molecular weight excluding hydrogens is 322 g/mol. The fourth-order valence-electron chi connectivity index (χ4n) is 1.57. The lowest BCUT2D eigenvalue weighted by Gasteiger charge is -2.25. The summed E-state index contributed by atoms with van der Waals surface area (Å²) in [5, 5.41) is 8.96. The Balaban J connectivity index is 3.03. The quantitative estimate of drug-likeness (QED) is 0.639. The van der Waals surface area contributed by atoms with Gasteiger partial charge in [0, 0.05) is 19.2 Å². The number of nitrogen functional groups attached to an aromatic ring is 1. The van der Waals surface area contributed by atoms with Crippen molar-refractivity contribution < 1.29 is 9.50 Å². The second-order valence-electron chi connectivity index (χ2n) is 3.54. The minimum atomic E-state index is -0.274. The van der Waals surface area contributed by atoms with Crippen LogP contribution in [0.4, 0.5) is 15.8 Å². The first kappa shape index (κ1) is 13.5. The predicted octanol–water partition coefficient (Wildman–Crippen LogP) is 2.22. The molecule has 0 atom stereocenters. The Morgan fingerprint density at radius 1 is 1.44 bits per heavy atom. The Hall–Kier alpha value is -0.560. The molecule has 0 fully saturated rings. The predicted molar refractivity (Wildman–Crippen MR) is 73.1 cm³/mol. The topological polar surface area (TPSA) is 49.5 Å². The first-order valence-electron chi connectivity index (χ1n) is 5.20. The van der Waals surface area contributed by atoms with E-state index in [-0.39, 0.29) is 12.4 Å². The molecule has 0 saturated carbocycles. The number of anilines is 2. The SMILES string of the molecule is CCCN(CCO)c1cc(F)c(I)cc1N. The average Bonchev–Trinajstić information content (AvgIpc) is 2.23. The maximum Gasteiger partial charge on any atom is 0.138 e. The molecule has 1 aromatic carbocycles. The minimum absolute atomic E-state index is 0.0348. The van der Waals surface area contributed by atoms with Gasteiger partial charge in [-0.25, -0.2) is 4.39 Å². The van der Waals surface area contributed by atoms with Crippen molar-refractivity contribution >= 4 is 34.0 Å². The number of benzene rings is 1. The summed E-state index contributed by atoms with van der Waals surface area (Å²) in [5.41, 5.74) is 7.07. The van der Waals surface area contributed by atoms with Gasteiger partial charge in [-0.05, 0) is 35.1 Å². The van der Waals surface area contributed by atoms with Gasteiger partial charge in [-0.2, -0.15) is 0 Å². The van der Waals surface area contributed by atoms with Crippen LogP contribution in [0.2, 0.25) is 0 Å². The molecule has 0 heterocycles. The molecule has 0 aliphatic heterocycles. The summed E-state index contributed by atoms with van der Waals surface area (Å²) >= 11 is 1.91. The molecule has 0 aliphatic rings. The third-order valence-corrected chi connectivity index (χ3v) is 3.10. The van der Waals surface area contributed by atoms with Gasteiger partial charge in [0.1, 0.15) is 5.82 Å². The molecule has 0 aromatic heterocycles. The van der Waals surface area contributed by atoms with Crippen LogP contribution in [0.15, 0.2) is 12.1 Å². The molecule has 3 nitrogen and oxygen atoms in total. The van der Waals surface area contributed by atoms with E-state index in [4.69, 9.17) is 10.8 Å². The van der Waals surface area contributed by atoms with Gasteiger partial charge in [-0.15, -0.1) is 0 Å². The molecule has 0 aliphatic carbocycles. The molecule has 3 N–H and O–H groups in total. The lowest BCUT2D eigenvalue weighted by Crippen LogP contribution is -2.28. The van der Waals surface area contributed by atoms with Gasteiger partial charge in [-0.1, -0.05) is 6.92 Å². The van der Waals surface area contributed by atoms with E-state index in [1.54, 1.807) is 6.07 Å². The van der Waals surface area contributed by atoms with E-state index in [1.807, 2.05) is 34.4 Å². The van der Waals surface area contributed by atoms with Crippen molar-refractivity contribution in [3.63, 3.8) is 0 Å². The van der Waals surface area contributed by atoms with Gasteiger partial charge in [0.25, 0.3) is 0 Å². The number of halogens is 2. The van der Waals surface area contributed by atoms with Crippen LogP contribution >= 0.6 is 22.6 Å². The molecule has 0 unspecified atom stereocenters. The van der Waals surface area contributed by atoms with Gasteiger partial charge in [0.05, 0.1) is 21.6 Å². The fourth-order valence-corrected chi connectivity index (χ4v) is 2.06.